The van der Waals surface area contributed by atoms with Crippen LogP contribution in [0.2, 0.25) is 0 Å². The van der Waals surface area contributed by atoms with Gasteiger partial charge in [-0.1, -0.05) is 0 Å². The zero-order chi connectivity index (χ0) is 11.4. The fourth-order valence-electron chi connectivity index (χ4n) is 2.04. The Bertz CT molecular complexity index is 360. The second kappa shape index (κ2) is 6.61. The van der Waals surface area contributed by atoms with E-state index in [1.165, 1.54) is 6.42 Å². The summed E-state index contributed by atoms with van der Waals surface area (Å²) in [5, 5.41) is 10.2. The highest BCUT2D eigenvalue weighted by Gasteiger charge is 2.15. The van der Waals surface area contributed by atoms with Crippen LogP contribution >= 0.6 is 12.4 Å². The average molecular weight is 259 g/mol. The van der Waals surface area contributed by atoms with E-state index in [-0.39, 0.29) is 18.3 Å². The molecule has 1 aliphatic rings. The smallest absolute Gasteiger partial charge is 0.269 e. The standard InChI is InChI=1S/C11H18N4O.ClH/c1-15-10(4-7-14-15)11(16)13-6-3-9-2-5-12-8-9;/h4,7,9,12H,2-3,5-6,8H2,1H3,(H,13,16);1H. The van der Waals surface area contributed by atoms with Crippen molar-refractivity contribution in [3.05, 3.63) is 18.0 Å². The lowest BCUT2D eigenvalue weighted by Crippen LogP contribution is -2.28. The molecule has 1 saturated heterocycles. The summed E-state index contributed by atoms with van der Waals surface area (Å²) in [7, 11) is 1.77. The minimum Gasteiger partial charge on any atom is -0.351 e. The number of amides is 1. The Morgan fingerprint density at radius 2 is 2.53 bits per heavy atom. The van der Waals surface area contributed by atoms with E-state index in [0.717, 1.165) is 26.1 Å². The highest BCUT2D eigenvalue weighted by molar-refractivity contribution is 5.92. The Balaban J connectivity index is 0.00000144. The van der Waals surface area contributed by atoms with Crippen LogP contribution in [-0.4, -0.2) is 35.3 Å². The molecule has 1 aromatic rings. The summed E-state index contributed by atoms with van der Waals surface area (Å²) < 4.78 is 1.59. The van der Waals surface area contributed by atoms with Gasteiger partial charge in [0.2, 0.25) is 0 Å². The van der Waals surface area contributed by atoms with Gasteiger partial charge in [-0.2, -0.15) is 5.10 Å². The van der Waals surface area contributed by atoms with Crippen LogP contribution < -0.4 is 10.6 Å². The molecule has 2 heterocycles. The number of aryl methyl sites for hydroxylation is 1. The Labute approximate surface area is 107 Å². The van der Waals surface area contributed by atoms with Crippen LogP contribution in [0.4, 0.5) is 0 Å². The first-order valence-electron chi connectivity index (χ1n) is 5.74. The summed E-state index contributed by atoms with van der Waals surface area (Å²) in [5.74, 6) is 0.679. The third kappa shape index (κ3) is 3.71. The molecule has 1 aliphatic heterocycles. The zero-order valence-electron chi connectivity index (χ0n) is 9.98. The lowest BCUT2D eigenvalue weighted by Gasteiger charge is -2.09. The van der Waals surface area contributed by atoms with Gasteiger partial charge < -0.3 is 10.6 Å². The molecule has 2 N–H and O–H groups in total. The molecule has 1 amide bonds. The third-order valence-electron chi connectivity index (χ3n) is 3.05. The number of aromatic nitrogens is 2. The molecule has 1 aromatic heterocycles. The molecule has 1 fully saturated rings. The molecule has 2 rings (SSSR count). The number of carbonyl (C=O) groups is 1. The topological polar surface area (TPSA) is 59.0 Å². The number of rotatable bonds is 4. The molecule has 1 unspecified atom stereocenters. The molecule has 6 heteroatoms. The maximum atomic E-state index is 11.7. The lowest BCUT2D eigenvalue weighted by atomic mass is 10.1. The number of nitrogens with zero attached hydrogens (tertiary/aromatic N) is 2. The number of halogens is 1. The van der Waals surface area contributed by atoms with Crippen LogP contribution in [0.5, 0.6) is 0 Å². The van der Waals surface area contributed by atoms with Crippen LogP contribution in [0.15, 0.2) is 12.3 Å². The Hall–Kier alpha value is -1.07. The normalized spacial score (nSPS) is 18.8. The van der Waals surface area contributed by atoms with Crippen LogP contribution in [0, 0.1) is 5.92 Å². The van der Waals surface area contributed by atoms with Gasteiger partial charge in [-0.3, -0.25) is 9.48 Å². The molecule has 0 spiro atoms. The SMILES string of the molecule is Cl.Cn1nccc1C(=O)NCCC1CCNC1. The van der Waals surface area contributed by atoms with E-state index >= 15 is 0 Å². The Morgan fingerprint density at radius 1 is 1.71 bits per heavy atom. The number of hydrogen-bond donors (Lipinski definition) is 2. The number of hydrogen-bond acceptors (Lipinski definition) is 3. The van der Waals surface area contributed by atoms with Crippen molar-refractivity contribution in [2.24, 2.45) is 13.0 Å². The van der Waals surface area contributed by atoms with E-state index in [1.807, 2.05) is 0 Å². The molecule has 0 bridgehead atoms. The van der Waals surface area contributed by atoms with Gasteiger partial charge in [-0.25, -0.2) is 0 Å². The van der Waals surface area contributed by atoms with Crippen LogP contribution in [-0.2, 0) is 7.05 Å². The number of nitrogens with one attached hydrogen (secondary N) is 2. The largest absolute Gasteiger partial charge is 0.351 e. The summed E-state index contributed by atoms with van der Waals surface area (Å²) in [6.07, 6.45) is 3.91. The van der Waals surface area contributed by atoms with Crippen molar-refractivity contribution in [2.75, 3.05) is 19.6 Å². The van der Waals surface area contributed by atoms with Gasteiger partial charge in [0.25, 0.3) is 5.91 Å². The monoisotopic (exact) mass is 258 g/mol. The lowest BCUT2D eigenvalue weighted by molar-refractivity contribution is 0.0942. The van der Waals surface area contributed by atoms with Crippen molar-refractivity contribution in [1.29, 1.82) is 0 Å². The van der Waals surface area contributed by atoms with Crippen molar-refractivity contribution in [3.8, 4) is 0 Å². The average Bonchev–Trinajstić information content (AvgIpc) is 2.88. The highest BCUT2D eigenvalue weighted by atomic mass is 35.5. The molecule has 0 aliphatic carbocycles. The first kappa shape index (κ1) is 14.0. The van der Waals surface area contributed by atoms with Crippen LogP contribution in [0.1, 0.15) is 23.3 Å². The van der Waals surface area contributed by atoms with E-state index in [9.17, 15) is 4.79 Å². The minimum atomic E-state index is -0.0362. The molecule has 96 valence electrons. The van der Waals surface area contributed by atoms with Gasteiger partial charge in [-0.05, 0) is 37.9 Å². The fourth-order valence-corrected chi connectivity index (χ4v) is 2.04. The number of carbonyl (C=O) groups excluding carboxylic acids is 1. The van der Waals surface area contributed by atoms with Crippen molar-refractivity contribution in [2.45, 2.75) is 12.8 Å². The van der Waals surface area contributed by atoms with E-state index in [4.69, 9.17) is 0 Å². The van der Waals surface area contributed by atoms with Crippen molar-refractivity contribution < 1.29 is 4.79 Å². The quantitative estimate of drug-likeness (QED) is 0.830. The first-order chi connectivity index (χ1) is 7.77. The van der Waals surface area contributed by atoms with Gasteiger partial charge in [0.1, 0.15) is 5.69 Å². The maximum absolute atomic E-state index is 11.7. The van der Waals surface area contributed by atoms with E-state index in [1.54, 1.807) is 24.0 Å². The molecule has 17 heavy (non-hydrogen) atoms. The van der Waals surface area contributed by atoms with E-state index in [0.29, 0.717) is 11.6 Å². The van der Waals surface area contributed by atoms with Gasteiger partial charge in [-0.15, -0.1) is 12.4 Å². The maximum Gasteiger partial charge on any atom is 0.269 e. The summed E-state index contributed by atoms with van der Waals surface area (Å²) >= 11 is 0. The van der Waals surface area contributed by atoms with Gasteiger partial charge in [0, 0.05) is 19.8 Å². The fraction of sp³-hybridized carbons (Fsp3) is 0.636. The molecular weight excluding hydrogens is 240 g/mol. The van der Waals surface area contributed by atoms with Crippen molar-refractivity contribution in [1.82, 2.24) is 20.4 Å². The van der Waals surface area contributed by atoms with E-state index < -0.39 is 0 Å². The van der Waals surface area contributed by atoms with Gasteiger partial charge >= 0.3 is 0 Å². The molecule has 5 nitrogen and oxygen atoms in total. The summed E-state index contributed by atoms with van der Waals surface area (Å²) in [5.41, 5.74) is 0.615. The van der Waals surface area contributed by atoms with Crippen molar-refractivity contribution in [3.63, 3.8) is 0 Å². The molecule has 0 aromatic carbocycles. The minimum absolute atomic E-state index is 0. The predicted molar refractivity (Wildman–Crippen MR) is 68.4 cm³/mol. The van der Waals surface area contributed by atoms with Crippen LogP contribution in [0.3, 0.4) is 0 Å². The highest BCUT2D eigenvalue weighted by Crippen LogP contribution is 2.10. The summed E-state index contributed by atoms with van der Waals surface area (Å²) in [4.78, 5) is 11.7. The predicted octanol–water partition coefficient (Wildman–Crippen LogP) is 0.571. The molecule has 1 atom stereocenters. The molecule has 0 radical (unpaired) electrons. The second-order valence-electron chi connectivity index (χ2n) is 4.24. The zero-order valence-corrected chi connectivity index (χ0v) is 10.8. The van der Waals surface area contributed by atoms with E-state index in [2.05, 4.69) is 15.7 Å². The Morgan fingerprint density at radius 3 is 3.12 bits per heavy atom. The van der Waals surface area contributed by atoms with Gasteiger partial charge in [0.05, 0.1) is 0 Å². The summed E-state index contributed by atoms with van der Waals surface area (Å²) in [6.45, 7) is 2.94. The first-order valence-corrected chi connectivity index (χ1v) is 5.74. The summed E-state index contributed by atoms with van der Waals surface area (Å²) in [6, 6.07) is 1.73. The second-order valence-corrected chi connectivity index (χ2v) is 4.24. The Kier molecular flexibility index (Phi) is 5.44. The van der Waals surface area contributed by atoms with Crippen LogP contribution in [0.25, 0.3) is 0 Å². The molecule has 0 saturated carbocycles. The van der Waals surface area contributed by atoms with Crippen molar-refractivity contribution >= 4 is 18.3 Å². The molecular formula is C11H19ClN4O. The van der Waals surface area contributed by atoms with Gasteiger partial charge in [0.15, 0.2) is 0 Å². The third-order valence-corrected chi connectivity index (χ3v) is 3.05.